The summed E-state index contributed by atoms with van der Waals surface area (Å²) in [7, 11) is -4.90. The van der Waals surface area contributed by atoms with Crippen molar-refractivity contribution in [1.82, 2.24) is 0 Å². The molecule has 0 aromatic rings. The first-order valence-corrected chi connectivity index (χ1v) is 9.34. The van der Waals surface area contributed by atoms with E-state index in [4.69, 9.17) is 0 Å². The van der Waals surface area contributed by atoms with Crippen molar-refractivity contribution in [3.05, 3.63) is 0 Å². The molecule has 154 valence electrons. The van der Waals surface area contributed by atoms with Crippen LogP contribution in [-0.2, 0) is 9.84 Å². The van der Waals surface area contributed by atoms with E-state index in [9.17, 15) is 48.8 Å². The standard InChI is InChI=1S/C14H19F8NO2S/c1-2-3-4-5-11(10-23,6-7-12(15,16)14(20,21)22)26(24,25)9-8-13(17,18)19/h2-9H2,1H3. The highest BCUT2D eigenvalue weighted by atomic mass is 32.2. The van der Waals surface area contributed by atoms with Crippen LogP contribution in [-0.4, -0.2) is 37.2 Å². The summed E-state index contributed by atoms with van der Waals surface area (Å²) in [6.45, 7) is 1.68. The maximum absolute atomic E-state index is 13.1. The molecule has 0 bridgehead atoms. The van der Waals surface area contributed by atoms with E-state index < -0.39 is 64.3 Å². The van der Waals surface area contributed by atoms with Gasteiger partial charge in [-0.25, -0.2) is 8.42 Å². The summed E-state index contributed by atoms with van der Waals surface area (Å²) in [6, 6.07) is 1.22. The van der Waals surface area contributed by atoms with Gasteiger partial charge in [0.15, 0.2) is 14.6 Å². The van der Waals surface area contributed by atoms with E-state index in [1.54, 1.807) is 6.92 Å². The van der Waals surface area contributed by atoms with Gasteiger partial charge in [0.05, 0.1) is 18.2 Å². The largest absolute Gasteiger partial charge is 0.453 e. The van der Waals surface area contributed by atoms with E-state index >= 15 is 0 Å². The van der Waals surface area contributed by atoms with Crippen LogP contribution in [0.25, 0.3) is 0 Å². The summed E-state index contributed by atoms with van der Waals surface area (Å²) in [5.41, 5.74) is 0. The van der Waals surface area contributed by atoms with Gasteiger partial charge >= 0.3 is 18.3 Å². The molecule has 0 N–H and O–H groups in total. The monoisotopic (exact) mass is 417 g/mol. The average molecular weight is 417 g/mol. The first-order valence-electron chi connectivity index (χ1n) is 7.68. The van der Waals surface area contributed by atoms with Crippen molar-refractivity contribution in [2.45, 2.75) is 74.9 Å². The Labute approximate surface area is 146 Å². The molecule has 0 aromatic heterocycles. The molecule has 0 aliphatic carbocycles. The smallest absolute Gasteiger partial charge is 0.227 e. The fourth-order valence-corrected chi connectivity index (χ4v) is 4.12. The SMILES string of the molecule is CCCCCC(C#N)(CCC(F)(F)C(F)(F)F)S(=O)(=O)CCC(F)(F)F. The second-order valence-corrected chi connectivity index (χ2v) is 8.37. The second-order valence-electron chi connectivity index (χ2n) is 5.95. The van der Waals surface area contributed by atoms with Crippen molar-refractivity contribution in [3.8, 4) is 6.07 Å². The van der Waals surface area contributed by atoms with E-state index in [0.717, 1.165) is 0 Å². The number of rotatable bonds is 10. The van der Waals surface area contributed by atoms with Gasteiger partial charge < -0.3 is 0 Å². The third kappa shape index (κ3) is 6.89. The fraction of sp³-hybridized carbons (Fsp3) is 0.929. The Morgan fingerprint density at radius 2 is 1.38 bits per heavy atom. The van der Waals surface area contributed by atoms with Gasteiger partial charge in [-0.05, 0) is 12.8 Å². The highest BCUT2D eigenvalue weighted by Crippen LogP contribution is 2.42. The molecule has 0 amide bonds. The topological polar surface area (TPSA) is 57.9 Å². The van der Waals surface area contributed by atoms with Crippen LogP contribution in [0.4, 0.5) is 35.1 Å². The number of nitrogens with zero attached hydrogens (tertiary/aromatic N) is 1. The molecule has 0 aliphatic rings. The Kier molecular flexibility index (Phi) is 8.34. The van der Waals surface area contributed by atoms with E-state index in [1.807, 2.05) is 0 Å². The van der Waals surface area contributed by atoms with Gasteiger partial charge in [0, 0.05) is 6.42 Å². The van der Waals surface area contributed by atoms with Crippen LogP contribution in [0.1, 0.15) is 51.9 Å². The molecule has 12 heteroatoms. The molecule has 0 spiro atoms. The predicted octanol–water partition coefficient (Wildman–Crippen LogP) is 5.17. The number of hydrogen-bond donors (Lipinski definition) is 0. The maximum atomic E-state index is 13.1. The predicted molar refractivity (Wildman–Crippen MR) is 77.2 cm³/mol. The summed E-state index contributed by atoms with van der Waals surface area (Å²) in [6.07, 6.45) is -15.8. The molecule has 1 unspecified atom stereocenters. The van der Waals surface area contributed by atoms with Crippen molar-refractivity contribution in [2.75, 3.05) is 5.75 Å². The first kappa shape index (κ1) is 24.9. The van der Waals surface area contributed by atoms with Gasteiger partial charge in [-0.1, -0.05) is 26.2 Å². The average Bonchev–Trinajstić information content (AvgIpc) is 2.47. The molecule has 0 radical (unpaired) electrons. The van der Waals surface area contributed by atoms with Crippen molar-refractivity contribution in [3.63, 3.8) is 0 Å². The van der Waals surface area contributed by atoms with Crippen LogP contribution in [0.2, 0.25) is 0 Å². The van der Waals surface area contributed by atoms with E-state index in [2.05, 4.69) is 0 Å². The van der Waals surface area contributed by atoms with Crippen LogP contribution in [0.3, 0.4) is 0 Å². The molecule has 0 aliphatic heterocycles. The van der Waals surface area contributed by atoms with Crippen molar-refractivity contribution < 1.29 is 43.5 Å². The Balaban J connectivity index is 5.65. The molecule has 0 heterocycles. The number of alkyl halides is 8. The zero-order valence-corrected chi connectivity index (χ0v) is 14.7. The van der Waals surface area contributed by atoms with E-state index in [1.165, 1.54) is 6.07 Å². The summed E-state index contributed by atoms with van der Waals surface area (Å²) in [5, 5.41) is 9.20. The number of sulfone groups is 1. The molecule has 0 aromatic carbocycles. The highest BCUT2D eigenvalue weighted by Gasteiger charge is 2.58. The lowest BCUT2D eigenvalue weighted by Gasteiger charge is -2.29. The lowest BCUT2D eigenvalue weighted by atomic mass is 9.94. The van der Waals surface area contributed by atoms with Gasteiger partial charge in [-0.2, -0.15) is 40.4 Å². The lowest BCUT2D eigenvalue weighted by molar-refractivity contribution is -0.284. The Hall–Kier alpha value is -1.12. The number of halogens is 8. The summed E-state index contributed by atoms with van der Waals surface area (Å²) in [4.78, 5) is 0. The minimum absolute atomic E-state index is 0.00705. The van der Waals surface area contributed by atoms with E-state index in [0.29, 0.717) is 12.8 Å². The van der Waals surface area contributed by atoms with Crippen LogP contribution >= 0.6 is 0 Å². The van der Waals surface area contributed by atoms with Gasteiger partial charge in [0.25, 0.3) is 0 Å². The maximum Gasteiger partial charge on any atom is 0.453 e. The minimum atomic E-state index is -5.95. The molecule has 0 rings (SSSR count). The first-order chi connectivity index (χ1) is 11.5. The molecular formula is C14H19F8NO2S. The second kappa shape index (κ2) is 8.71. The zero-order chi connectivity index (χ0) is 20.9. The van der Waals surface area contributed by atoms with Gasteiger partial charge in [0.2, 0.25) is 0 Å². The number of nitriles is 1. The van der Waals surface area contributed by atoms with Crippen LogP contribution < -0.4 is 0 Å². The molecule has 0 fully saturated rings. The molecule has 3 nitrogen and oxygen atoms in total. The van der Waals surface area contributed by atoms with Gasteiger partial charge in [-0.15, -0.1) is 0 Å². The Morgan fingerprint density at radius 1 is 0.846 bits per heavy atom. The van der Waals surface area contributed by atoms with Crippen LogP contribution in [0, 0.1) is 11.3 Å². The molecule has 0 saturated heterocycles. The Bertz CT molecular complexity index is 592. The van der Waals surface area contributed by atoms with Crippen LogP contribution in [0.5, 0.6) is 0 Å². The van der Waals surface area contributed by atoms with Gasteiger partial charge in [0.1, 0.15) is 0 Å². The summed E-state index contributed by atoms with van der Waals surface area (Å²) in [5.74, 6) is -6.80. The number of hydrogen-bond acceptors (Lipinski definition) is 3. The van der Waals surface area contributed by atoms with Gasteiger partial charge in [-0.3, -0.25) is 0 Å². The normalized spacial score (nSPS) is 16.2. The Morgan fingerprint density at radius 3 is 1.77 bits per heavy atom. The van der Waals surface area contributed by atoms with E-state index in [-0.39, 0.29) is 6.42 Å². The lowest BCUT2D eigenvalue weighted by Crippen LogP contribution is -2.44. The highest BCUT2D eigenvalue weighted by molar-refractivity contribution is 7.93. The fourth-order valence-electron chi connectivity index (χ4n) is 2.22. The number of unbranched alkanes of at least 4 members (excludes halogenated alkanes) is 2. The third-order valence-corrected chi connectivity index (χ3v) is 6.33. The minimum Gasteiger partial charge on any atom is -0.227 e. The zero-order valence-electron chi connectivity index (χ0n) is 13.9. The molecule has 1 atom stereocenters. The van der Waals surface area contributed by atoms with Crippen molar-refractivity contribution in [1.29, 1.82) is 5.26 Å². The third-order valence-electron chi connectivity index (χ3n) is 3.90. The quantitative estimate of drug-likeness (QED) is 0.364. The van der Waals surface area contributed by atoms with Crippen molar-refractivity contribution >= 4 is 9.84 Å². The summed E-state index contributed by atoms with van der Waals surface area (Å²) >= 11 is 0. The molecular weight excluding hydrogens is 398 g/mol. The molecule has 0 saturated carbocycles. The summed E-state index contributed by atoms with van der Waals surface area (Å²) < 4.78 is 122. The van der Waals surface area contributed by atoms with Crippen molar-refractivity contribution in [2.24, 2.45) is 0 Å². The van der Waals surface area contributed by atoms with Crippen LogP contribution in [0.15, 0.2) is 0 Å². The molecule has 26 heavy (non-hydrogen) atoms.